The standard InChI is InChI=1S/C10H16O3/c1-10-5-4-8(10)7(3-2-6-11)9(12)13-10/h7-8,11H,2-6H2,1H3. The Morgan fingerprint density at radius 3 is 2.92 bits per heavy atom. The van der Waals surface area contributed by atoms with E-state index in [0.29, 0.717) is 12.3 Å². The van der Waals surface area contributed by atoms with Crippen molar-refractivity contribution in [1.29, 1.82) is 0 Å². The van der Waals surface area contributed by atoms with E-state index in [4.69, 9.17) is 9.84 Å². The molecule has 1 N–H and O–H groups in total. The fourth-order valence-electron chi connectivity index (χ4n) is 2.57. The predicted octanol–water partition coefficient (Wildman–Crippen LogP) is 1.10. The summed E-state index contributed by atoms with van der Waals surface area (Å²) in [6.45, 7) is 2.20. The van der Waals surface area contributed by atoms with Gasteiger partial charge in [0, 0.05) is 12.5 Å². The average Bonchev–Trinajstić information content (AvgIpc) is 2.23. The molecule has 0 radical (unpaired) electrons. The molecular formula is C10H16O3. The molecule has 0 aromatic rings. The first kappa shape index (κ1) is 9.00. The minimum Gasteiger partial charge on any atom is -0.459 e. The zero-order valence-electron chi connectivity index (χ0n) is 7.95. The second-order valence-corrected chi connectivity index (χ2v) is 4.35. The first-order valence-electron chi connectivity index (χ1n) is 5.01. The van der Waals surface area contributed by atoms with Crippen molar-refractivity contribution in [2.45, 2.75) is 38.2 Å². The Balaban J connectivity index is 1.99. The number of carbonyl (C=O) groups is 1. The van der Waals surface area contributed by atoms with Gasteiger partial charge < -0.3 is 9.84 Å². The summed E-state index contributed by atoms with van der Waals surface area (Å²) < 4.78 is 5.34. The number of hydrogen-bond acceptors (Lipinski definition) is 3. The summed E-state index contributed by atoms with van der Waals surface area (Å²) in [5.74, 6) is 0.441. The molecule has 13 heavy (non-hydrogen) atoms. The Morgan fingerprint density at radius 2 is 2.46 bits per heavy atom. The molecule has 1 saturated heterocycles. The van der Waals surface area contributed by atoms with Gasteiger partial charge in [0.15, 0.2) is 0 Å². The summed E-state index contributed by atoms with van der Waals surface area (Å²) in [6.07, 6.45) is 3.62. The van der Waals surface area contributed by atoms with Gasteiger partial charge >= 0.3 is 5.97 Å². The van der Waals surface area contributed by atoms with Gasteiger partial charge in [-0.1, -0.05) is 0 Å². The van der Waals surface area contributed by atoms with Gasteiger partial charge in [0.05, 0.1) is 5.92 Å². The summed E-state index contributed by atoms with van der Waals surface area (Å²) >= 11 is 0. The van der Waals surface area contributed by atoms with Crippen molar-refractivity contribution in [2.75, 3.05) is 6.61 Å². The Hall–Kier alpha value is -0.570. The van der Waals surface area contributed by atoms with Crippen LogP contribution in [0.25, 0.3) is 0 Å². The van der Waals surface area contributed by atoms with E-state index in [1.807, 2.05) is 6.92 Å². The van der Waals surface area contributed by atoms with Gasteiger partial charge in [-0.2, -0.15) is 0 Å². The number of aliphatic hydroxyl groups is 1. The van der Waals surface area contributed by atoms with Crippen LogP contribution in [0.3, 0.4) is 0 Å². The van der Waals surface area contributed by atoms with Crippen LogP contribution in [0.1, 0.15) is 32.6 Å². The number of fused-ring (bicyclic) bond motifs is 1. The molecule has 74 valence electrons. The van der Waals surface area contributed by atoms with E-state index in [1.165, 1.54) is 0 Å². The molecule has 0 aromatic carbocycles. The van der Waals surface area contributed by atoms with E-state index < -0.39 is 0 Å². The molecule has 1 heterocycles. The van der Waals surface area contributed by atoms with E-state index >= 15 is 0 Å². The lowest BCUT2D eigenvalue weighted by Gasteiger charge is -2.40. The number of rotatable bonds is 3. The molecule has 2 rings (SSSR count). The van der Waals surface area contributed by atoms with Crippen LogP contribution in [0.5, 0.6) is 0 Å². The lowest BCUT2D eigenvalue weighted by molar-refractivity contribution is -0.153. The molecular weight excluding hydrogens is 168 g/mol. The van der Waals surface area contributed by atoms with E-state index in [1.54, 1.807) is 0 Å². The van der Waals surface area contributed by atoms with Gasteiger partial charge in [0.1, 0.15) is 5.60 Å². The summed E-state index contributed by atoms with van der Waals surface area (Å²) in [7, 11) is 0. The minimum atomic E-state index is -0.156. The van der Waals surface area contributed by atoms with Gasteiger partial charge in [0.25, 0.3) is 0 Å². The van der Waals surface area contributed by atoms with E-state index in [2.05, 4.69) is 0 Å². The third kappa shape index (κ3) is 1.26. The molecule has 0 bridgehead atoms. The van der Waals surface area contributed by atoms with E-state index in [9.17, 15) is 4.79 Å². The second-order valence-electron chi connectivity index (χ2n) is 4.35. The van der Waals surface area contributed by atoms with Gasteiger partial charge in [-0.3, -0.25) is 4.79 Å². The Bertz CT molecular complexity index is 226. The molecule has 1 saturated carbocycles. The molecule has 2 aliphatic rings. The summed E-state index contributed by atoms with van der Waals surface area (Å²) in [4.78, 5) is 11.4. The Kier molecular flexibility index (Phi) is 2.06. The number of esters is 1. The lowest BCUT2D eigenvalue weighted by Crippen LogP contribution is -2.43. The van der Waals surface area contributed by atoms with Gasteiger partial charge in [0.2, 0.25) is 0 Å². The molecule has 3 heteroatoms. The third-order valence-corrected chi connectivity index (χ3v) is 3.53. The number of aliphatic hydroxyl groups excluding tert-OH is 1. The molecule has 0 aromatic heterocycles. The fourth-order valence-corrected chi connectivity index (χ4v) is 2.57. The quantitative estimate of drug-likeness (QED) is 0.668. The highest BCUT2D eigenvalue weighted by Crippen LogP contribution is 2.52. The molecule has 1 aliphatic heterocycles. The monoisotopic (exact) mass is 184 g/mol. The van der Waals surface area contributed by atoms with Gasteiger partial charge in [-0.15, -0.1) is 0 Å². The molecule has 3 unspecified atom stereocenters. The van der Waals surface area contributed by atoms with Crippen LogP contribution in [-0.2, 0) is 9.53 Å². The highest BCUT2D eigenvalue weighted by atomic mass is 16.6. The van der Waals surface area contributed by atoms with Gasteiger partial charge in [-0.05, 0) is 32.6 Å². The molecule has 2 fully saturated rings. The zero-order chi connectivity index (χ0) is 9.47. The minimum absolute atomic E-state index is 0.0431. The molecule has 3 atom stereocenters. The highest BCUT2D eigenvalue weighted by Gasteiger charge is 2.57. The molecule has 0 amide bonds. The van der Waals surface area contributed by atoms with Gasteiger partial charge in [-0.25, -0.2) is 0 Å². The Morgan fingerprint density at radius 1 is 1.69 bits per heavy atom. The maximum Gasteiger partial charge on any atom is 0.309 e. The smallest absolute Gasteiger partial charge is 0.309 e. The zero-order valence-corrected chi connectivity index (χ0v) is 7.95. The highest BCUT2D eigenvalue weighted by molar-refractivity contribution is 5.76. The van der Waals surface area contributed by atoms with E-state index in [-0.39, 0.29) is 24.1 Å². The number of carbonyl (C=O) groups excluding carboxylic acids is 1. The van der Waals surface area contributed by atoms with Crippen molar-refractivity contribution < 1.29 is 14.6 Å². The summed E-state index contributed by atoms with van der Waals surface area (Å²) in [5, 5.41) is 8.70. The van der Waals surface area contributed by atoms with Crippen LogP contribution in [0.2, 0.25) is 0 Å². The first-order valence-corrected chi connectivity index (χ1v) is 5.01. The first-order chi connectivity index (χ1) is 6.17. The molecule has 3 nitrogen and oxygen atoms in total. The second kappa shape index (κ2) is 2.98. The number of ether oxygens (including phenoxy) is 1. The summed E-state index contributed by atoms with van der Waals surface area (Å²) in [6, 6.07) is 0. The SMILES string of the molecule is CC12CCC1C(CCCO)C(=O)O2. The largest absolute Gasteiger partial charge is 0.459 e. The van der Waals surface area contributed by atoms with Crippen molar-refractivity contribution >= 4 is 5.97 Å². The predicted molar refractivity (Wildman–Crippen MR) is 47.0 cm³/mol. The maximum atomic E-state index is 11.4. The van der Waals surface area contributed by atoms with Crippen molar-refractivity contribution in [3.05, 3.63) is 0 Å². The van der Waals surface area contributed by atoms with Crippen molar-refractivity contribution in [3.63, 3.8) is 0 Å². The maximum absolute atomic E-state index is 11.4. The van der Waals surface area contributed by atoms with Crippen LogP contribution in [0, 0.1) is 11.8 Å². The van der Waals surface area contributed by atoms with Crippen molar-refractivity contribution in [3.8, 4) is 0 Å². The van der Waals surface area contributed by atoms with Crippen LogP contribution in [0.4, 0.5) is 0 Å². The molecule has 0 spiro atoms. The fraction of sp³-hybridized carbons (Fsp3) is 0.900. The van der Waals surface area contributed by atoms with Crippen molar-refractivity contribution in [2.24, 2.45) is 11.8 Å². The van der Waals surface area contributed by atoms with Crippen LogP contribution >= 0.6 is 0 Å². The van der Waals surface area contributed by atoms with Crippen LogP contribution in [0.15, 0.2) is 0 Å². The summed E-state index contributed by atoms with van der Waals surface area (Å²) in [5.41, 5.74) is -0.156. The Labute approximate surface area is 78.1 Å². The lowest BCUT2D eigenvalue weighted by atomic mass is 9.66. The van der Waals surface area contributed by atoms with E-state index in [0.717, 1.165) is 19.3 Å². The molecule has 1 aliphatic carbocycles. The van der Waals surface area contributed by atoms with Crippen LogP contribution < -0.4 is 0 Å². The van der Waals surface area contributed by atoms with Crippen LogP contribution in [-0.4, -0.2) is 23.3 Å². The third-order valence-electron chi connectivity index (χ3n) is 3.53. The number of hydrogen-bond donors (Lipinski definition) is 1. The van der Waals surface area contributed by atoms with Crippen molar-refractivity contribution in [1.82, 2.24) is 0 Å². The topological polar surface area (TPSA) is 46.5 Å². The average molecular weight is 184 g/mol. The normalized spacial score (nSPS) is 42.5.